The van der Waals surface area contributed by atoms with Crippen molar-refractivity contribution in [3.8, 4) is 0 Å². The maximum atomic E-state index is 9.69. The molecule has 1 rings (SSSR count). The smallest absolute Gasteiger partial charge is 0.204 e. The van der Waals surface area contributed by atoms with E-state index < -0.39 is 4.33 Å². The van der Waals surface area contributed by atoms with Crippen molar-refractivity contribution in [2.24, 2.45) is 5.92 Å². The van der Waals surface area contributed by atoms with Crippen molar-refractivity contribution in [1.29, 1.82) is 0 Å². The van der Waals surface area contributed by atoms with Crippen LogP contribution in [-0.4, -0.2) is 10.6 Å². The van der Waals surface area contributed by atoms with Gasteiger partial charge in [-0.3, -0.25) is 4.79 Å². The summed E-state index contributed by atoms with van der Waals surface area (Å²) in [6.07, 6.45) is 2.28. The Morgan fingerprint density at radius 1 is 1.71 bits per heavy atom. The predicted molar refractivity (Wildman–Crippen MR) is 28.2 cm³/mol. The van der Waals surface area contributed by atoms with Gasteiger partial charge in [-0.15, -0.1) is 23.2 Å². The molecule has 0 N–H and O–H groups in total. The van der Waals surface area contributed by atoms with Crippen LogP contribution in [0.4, 0.5) is 0 Å². The first-order chi connectivity index (χ1) is 3.17. The van der Waals surface area contributed by atoms with Crippen LogP contribution in [0.5, 0.6) is 0 Å². The summed E-state index contributed by atoms with van der Waals surface area (Å²) in [4.78, 5) is 9.69. The number of alkyl halides is 2. The Hall–Kier alpha value is 0.250. The van der Waals surface area contributed by atoms with Crippen LogP contribution >= 0.6 is 23.2 Å². The van der Waals surface area contributed by atoms with E-state index in [1.807, 2.05) is 0 Å². The van der Waals surface area contributed by atoms with Gasteiger partial charge in [-0.25, -0.2) is 0 Å². The fraction of sp³-hybridized carbons (Fsp3) is 0.750. The Morgan fingerprint density at radius 2 is 2.14 bits per heavy atom. The molecular formula is C4H3Cl2O. The Balaban J connectivity index is 2.44. The summed E-state index contributed by atoms with van der Waals surface area (Å²) in [6, 6.07) is 0. The summed E-state index contributed by atoms with van der Waals surface area (Å²) in [5.74, 6) is -0.226. The SMILES string of the molecule is O=[C]C1CC1(Cl)Cl. The van der Waals surface area contributed by atoms with Crippen LogP contribution in [0.1, 0.15) is 6.42 Å². The zero-order valence-electron chi connectivity index (χ0n) is 3.45. The quantitative estimate of drug-likeness (QED) is 0.499. The van der Waals surface area contributed by atoms with E-state index in [0.29, 0.717) is 6.42 Å². The minimum atomic E-state index is -0.762. The molecule has 1 fully saturated rings. The molecule has 7 heavy (non-hydrogen) atoms. The number of halogens is 2. The molecule has 1 aliphatic carbocycles. The average molecular weight is 138 g/mol. The van der Waals surface area contributed by atoms with Crippen LogP contribution < -0.4 is 0 Å². The van der Waals surface area contributed by atoms with E-state index in [4.69, 9.17) is 23.2 Å². The maximum absolute atomic E-state index is 9.69. The van der Waals surface area contributed by atoms with Crippen molar-refractivity contribution in [2.75, 3.05) is 0 Å². The van der Waals surface area contributed by atoms with Gasteiger partial charge in [-0.2, -0.15) is 0 Å². The van der Waals surface area contributed by atoms with Crippen molar-refractivity contribution < 1.29 is 4.79 Å². The van der Waals surface area contributed by atoms with Crippen molar-refractivity contribution in [3.05, 3.63) is 0 Å². The van der Waals surface area contributed by atoms with Gasteiger partial charge in [-0.05, 0) is 6.42 Å². The summed E-state index contributed by atoms with van der Waals surface area (Å²) >= 11 is 10.8. The van der Waals surface area contributed by atoms with E-state index in [0.717, 1.165) is 0 Å². The molecule has 3 heteroatoms. The lowest BCUT2D eigenvalue weighted by atomic mass is 10.5. The third-order valence-electron chi connectivity index (χ3n) is 0.968. The fourth-order valence-electron chi connectivity index (χ4n) is 0.341. The second-order valence-electron chi connectivity index (χ2n) is 1.64. The lowest BCUT2D eigenvalue weighted by Gasteiger charge is -1.84. The summed E-state index contributed by atoms with van der Waals surface area (Å²) in [7, 11) is 0. The monoisotopic (exact) mass is 137 g/mol. The van der Waals surface area contributed by atoms with Crippen LogP contribution in [0.3, 0.4) is 0 Å². The first-order valence-electron chi connectivity index (χ1n) is 1.92. The highest BCUT2D eigenvalue weighted by Crippen LogP contribution is 2.51. The Morgan fingerprint density at radius 3 is 2.14 bits per heavy atom. The van der Waals surface area contributed by atoms with E-state index >= 15 is 0 Å². The van der Waals surface area contributed by atoms with Gasteiger partial charge in [0.1, 0.15) is 4.33 Å². The normalized spacial score (nSPS) is 34.9. The standard InChI is InChI=1S/C4H3Cl2O/c5-4(6)1-3(4)2-7/h3H,1H2. The molecule has 0 aromatic rings. The molecule has 0 aromatic carbocycles. The van der Waals surface area contributed by atoms with Gasteiger partial charge in [0.2, 0.25) is 6.29 Å². The molecule has 1 radical (unpaired) electrons. The molecule has 0 bridgehead atoms. The molecular weight excluding hydrogens is 135 g/mol. The fourth-order valence-corrected chi connectivity index (χ4v) is 0.739. The first kappa shape index (κ1) is 5.39. The third kappa shape index (κ3) is 0.892. The van der Waals surface area contributed by atoms with Gasteiger partial charge in [0.05, 0.1) is 5.92 Å². The van der Waals surface area contributed by atoms with Crippen LogP contribution in [0.25, 0.3) is 0 Å². The average Bonchev–Trinajstić information content (AvgIpc) is 2.13. The molecule has 0 heterocycles. The highest BCUT2D eigenvalue weighted by molar-refractivity contribution is 6.51. The molecule has 0 aromatic heterocycles. The summed E-state index contributed by atoms with van der Waals surface area (Å²) in [6.45, 7) is 0. The number of carbonyl (C=O) groups excluding carboxylic acids is 1. The van der Waals surface area contributed by atoms with Gasteiger partial charge in [0.15, 0.2) is 0 Å². The summed E-state index contributed by atoms with van der Waals surface area (Å²) in [5, 5.41) is 0. The van der Waals surface area contributed by atoms with Gasteiger partial charge in [-0.1, -0.05) is 0 Å². The molecule has 1 atom stereocenters. The van der Waals surface area contributed by atoms with Crippen LogP contribution in [0.2, 0.25) is 0 Å². The van der Waals surface area contributed by atoms with Crippen molar-refractivity contribution in [3.63, 3.8) is 0 Å². The molecule has 0 aliphatic heterocycles. The van der Waals surface area contributed by atoms with Crippen molar-refractivity contribution in [1.82, 2.24) is 0 Å². The van der Waals surface area contributed by atoms with E-state index in [1.165, 1.54) is 0 Å². The second-order valence-corrected chi connectivity index (χ2v) is 3.18. The third-order valence-corrected chi connectivity index (χ3v) is 1.80. The van der Waals surface area contributed by atoms with E-state index in [1.54, 1.807) is 6.29 Å². The highest BCUT2D eigenvalue weighted by atomic mass is 35.5. The lowest BCUT2D eigenvalue weighted by Crippen LogP contribution is -1.88. The molecule has 1 aliphatic rings. The van der Waals surface area contributed by atoms with Gasteiger partial charge in [0, 0.05) is 0 Å². The molecule has 0 spiro atoms. The van der Waals surface area contributed by atoms with E-state index in [9.17, 15) is 4.79 Å². The van der Waals surface area contributed by atoms with E-state index in [-0.39, 0.29) is 5.92 Å². The second kappa shape index (κ2) is 1.36. The van der Waals surface area contributed by atoms with Crippen molar-refractivity contribution in [2.45, 2.75) is 10.8 Å². The number of hydrogen-bond donors (Lipinski definition) is 0. The van der Waals surface area contributed by atoms with Gasteiger partial charge < -0.3 is 0 Å². The zero-order chi connectivity index (χ0) is 5.49. The lowest BCUT2D eigenvalue weighted by molar-refractivity contribution is 0.548. The van der Waals surface area contributed by atoms with Crippen LogP contribution in [0.15, 0.2) is 0 Å². The zero-order valence-corrected chi connectivity index (χ0v) is 4.96. The van der Waals surface area contributed by atoms with Gasteiger partial charge in [0.25, 0.3) is 0 Å². The molecule has 0 saturated heterocycles. The van der Waals surface area contributed by atoms with Crippen molar-refractivity contribution >= 4 is 29.5 Å². The predicted octanol–water partition coefficient (Wildman–Crippen LogP) is 1.29. The van der Waals surface area contributed by atoms with Crippen LogP contribution in [0, 0.1) is 5.92 Å². The molecule has 1 saturated carbocycles. The molecule has 1 nitrogen and oxygen atoms in total. The topological polar surface area (TPSA) is 17.1 Å². The molecule has 1 unspecified atom stereocenters. The Labute approximate surface area is 51.6 Å². The maximum Gasteiger partial charge on any atom is 0.204 e. The Bertz CT molecular complexity index is 99.9. The van der Waals surface area contributed by atoms with Crippen LogP contribution in [-0.2, 0) is 4.79 Å². The highest BCUT2D eigenvalue weighted by Gasteiger charge is 2.52. The molecule has 39 valence electrons. The minimum absolute atomic E-state index is 0.226. The summed E-state index contributed by atoms with van der Waals surface area (Å²) < 4.78 is -0.762. The largest absolute Gasteiger partial charge is 0.290 e. The Kier molecular flexibility index (Phi) is 1.05. The number of rotatable bonds is 1. The van der Waals surface area contributed by atoms with E-state index in [2.05, 4.69) is 0 Å². The molecule has 0 amide bonds. The van der Waals surface area contributed by atoms with Gasteiger partial charge >= 0.3 is 0 Å². The minimum Gasteiger partial charge on any atom is -0.290 e. The first-order valence-corrected chi connectivity index (χ1v) is 2.68. The number of hydrogen-bond acceptors (Lipinski definition) is 1. The summed E-state index contributed by atoms with van der Waals surface area (Å²) in [5.41, 5.74) is 0.